The van der Waals surface area contributed by atoms with Gasteiger partial charge in [-0.3, -0.25) is 24.5 Å². The Bertz CT molecular complexity index is 638. The molecule has 0 radical (unpaired) electrons. The number of hydrogen-bond acceptors (Lipinski definition) is 7. The summed E-state index contributed by atoms with van der Waals surface area (Å²) in [5, 5.41) is 10.6. The molecule has 0 aromatic carbocycles. The van der Waals surface area contributed by atoms with E-state index < -0.39 is 40.9 Å². The molecule has 0 aromatic heterocycles. The van der Waals surface area contributed by atoms with E-state index in [0.29, 0.717) is 6.08 Å². The first-order valence-corrected chi connectivity index (χ1v) is 7.74. The normalized spacial score (nSPS) is 36.1. The minimum Gasteiger partial charge on any atom is -0.284 e. The van der Waals surface area contributed by atoms with Crippen LogP contribution in [-0.4, -0.2) is 46.6 Å². The fourth-order valence-corrected chi connectivity index (χ4v) is 3.31. The predicted molar refractivity (Wildman–Crippen MR) is 63.0 cm³/mol. The van der Waals surface area contributed by atoms with Gasteiger partial charge in [0.25, 0.3) is 25.8 Å². The molecule has 0 aromatic rings. The summed E-state index contributed by atoms with van der Waals surface area (Å²) >= 11 is 0. The first kappa shape index (κ1) is 16.0. The van der Waals surface area contributed by atoms with Crippen LogP contribution in [0.4, 0.5) is 0 Å². The van der Waals surface area contributed by atoms with Gasteiger partial charge in [0.2, 0.25) is 5.37 Å². The minimum atomic E-state index is -4.99. The summed E-state index contributed by atoms with van der Waals surface area (Å²) < 4.78 is 62.7. The van der Waals surface area contributed by atoms with Gasteiger partial charge in [-0.15, -0.1) is 0 Å². The Morgan fingerprint density at radius 2 is 1.68 bits per heavy atom. The third kappa shape index (κ3) is 2.62. The van der Waals surface area contributed by atoms with Crippen molar-refractivity contribution in [3.63, 3.8) is 0 Å². The number of nitrogens with one attached hydrogen (secondary N) is 1. The van der Waals surface area contributed by atoms with Crippen molar-refractivity contribution in [2.75, 3.05) is 0 Å². The van der Waals surface area contributed by atoms with Crippen molar-refractivity contribution in [3.05, 3.63) is 22.3 Å². The van der Waals surface area contributed by atoms with Crippen LogP contribution in [0.2, 0.25) is 0 Å². The van der Waals surface area contributed by atoms with E-state index in [-0.39, 0.29) is 0 Å². The molecule has 0 spiro atoms. The van der Waals surface area contributed by atoms with Gasteiger partial charge in [0.05, 0.1) is 0 Å². The third-order valence-electron chi connectivity index (χ3n) is 2.91. The zero-order valence-electron chi connectivity index (χ0n) is 9.84. The fourth-order valence-electron chi connectivity index (χ4n) is 1.56. The Morgan fingerprint density at radius 3 is 2.00 bits per heavy atom. The summed E-state index contributed by atoms with van der Waals surface area (Å²) in [7, 11) is -9.78. The molecule has 3 N–H and O–H groups in total. The van der Waals surface area contributed by atoms with Crippen LogP contribution in [-0.2, 0) is 20.2 Å². The van der Waals surface area contributed by atoms with Gasteiger partial charge < -0.3 is 0 Å². The van der Waals surface area contributed by atoms with Crippen LogP contribution >= 0.6 is 0 Å². The first-order valence-electron chi connectivity index (χ1n) is 4.80. The molecule has 1 aliphatic rings. The molecule has 19 heavy (non-hydrogen) atoms. The van der Waals surface area contributed by atoms with Crippen LogP contribution in [0.25, 0.3) is 0 Å². The number of rotatable bonds is 3. The van der Waals surface area contributed by atoms with Gasteiger partial charge in [0.1, 0.15) is 0 Å². The van der Waals surface area contributed by atoms with Crippen LogP contribution < -0.4 is 5.32 Å². The Balaban J connectivity index is 3.52. The SMILES string of the molecule is CC1([N+](=O)[O-])C=CC(C)(S(=O)(=O)O)NC1S(=O)(=O)O. The lowest BCUT2D eigenvalue weighted by Crippen LogP contribution is -2.66. The molecular formula is C7H12N2O8S2. The summed E-state index contributed by atoms with van der Waals surface area (Å²) in [6.45, 7) is 1.79. The highest BCUT2D eigenvalue weighted by atomic mass is 32.2. The highest BCUT2D eigenvalue weighted by molar-refractivity contribution is 7.88. The van der Waals surface area contributed by atoms with Crippen molar-refractivity contribution in [2.45, 2.75) is 29.6 Å². The molecule has 0 saturated heterocycles. The number of hydrogen-bond donors (Lipinski definition) is 3. The van der Waals surface area contributed by atoms with Crippen molar-refractivity contribution < 1.29 is 30.9 Å². The second kappa shape index (κ2) is 4.21. The van der Waals surface area contributed by atoms with Crippen molar-refractivity contribution in [3.8, 4) is 0 Å². The van der Waals surface area contributed by atoms with Crippen molar-refractivity contribution in [1.29, 1.82) is 0 Å². The van der Waals surface area contributed by atoms with Gasteiger partial charge in [-0.1, -0.05) is 0 Å². The summed E-state index contributed by atoms with van der Waals surface area (Å²) in [5.41, 5.74) is -2.28. The first-order chi connectivity index (χ1) is 8.24. The minimum absolute atomic E-state index is 0.704. The van der Waals surface area contributed by atoms with E-state index in [1.807, 2.05) is 5.32 Å². The zero-order valence-corrected chi connectivity index (χ0v) is 11.5. The lowest BCUT2D eigenvalue weighted by atomic mass is 9.97. The van der Waals surface area contributed by atoms with Crippen LogP contribution in [0.1, 0.15) is 13.8 Å². The average Bonchev–Trinajstić information content (AvgIpc) is 2.18. The molecule has 1 aliphatic heterocycles. The van der Waals surface area contributed by atoms with Crippen molar-refractivity contribution in [2.24, 2.45) is 0 Å². The molecule has 10 nitrogen and oxygen atoms in total. The number of nitro groups is 1. The molecule has 3 unspecified atom stereocenters. The molecule has 12 heteroatoms. The zero-order chi connectivity index (χ0) is 15.3. The van der Waals surface area contributed by atoms with Crippen molar-refractivity contribution >= 4 is 20.2 Å². The molecule has 1 heterocycles. The molecule has 3 atom stereocenters. The highest BCUT2D eigenvalue weighted by Crippen LogP contribution is 2.31. The van der Waals surface area contributed by atoms with Gasteiger partial charge in [0.15, 0.2) is 4.87 Å². The summed E-state index contributed by atoms with van der Waals surface area (Å²) in [6.07, 6.45) is 1.46. The highest BCUT2D eigenvalue weighted by Gasteiger charge is 2.58. The van der Waals surface area contributed by atoms with Crippen LogP contribution in [0, 0.1) is 10.1 Å². The van der Waals surface area contributed by atoms with Crippen LogP contribution in [0.15, 0.2) is 12.2 Å². The van der Waals surface area contributed by atoms with E-state index in [2.05, 4.69) is 0 Å². The van der Waals surface area contributed by atoms with E-state index in [4.69, 9.17) is 9.11 Å². The Kier molecular flexibility index (Phi) is 3.54. The van der Waals surface area contributed by atoms with Crippen molar-refractivity contribution in [1.82, 2.24) is 5.32 Å². The molecule has 0 saturated carbocycles. The quantitative estimate of drug-likeness (QED) is 0.256. The maximum atomic E-state index is 11.2. The van der Waals surface area contributed by atoms with Gasteiger partial charge in [-0.2, -0.15) is 16.8 Å². The van der Waals surface area contributed by atoms with E-state index in [9.17, 15) is 26.9 Å². The summed E-state index contributed by atoms with van der Waals surface area (Å²) in [4.78, 5) is 7.67. The topological polar surface area (TPSA) is 164 Å². The van der Waals surface area contributed by atoms with E-state index >= 15 is 0 Å². The fraction of sp³-hybridized carbons (Fsp3) is 0.714. The molecular weight excluding hydrogens is 304 g/mol. The maximum Gasteiger partial charge on any atom is 0.288 e. The molecule has 1 rings (SSSR count). The Hall–Kier alpha value is -1.08. The third-order valence-corrected chi connectivity index (χ3v) is 5.43. The summed E-state index contributed by atoms with van der Waals surface area (Å²) in [6, 6.07) is 0. The van der Waals surface area contributed by atoms with Gasteiger partial charge in [-0.25, -0.2) is 0 Å². The molecule has 0 aliphatic carbocycles. The Labute approximate surface area is 109 Å². The lowest BCUT2D eigenvalue weighted by Gasteiger charge is -2.36. The average molecular weight is 316 g/mol. The Morgan fingerprint density at radius 1 is 1.21 bits per heavy atom. The largest absolute Gasteiger partial charge is 0.288 e. The second-order valence-electron chi connectivity index (χ2n) is 4.44. The molecule has 0 fully saturated rings. The van der Waals surface area contributed by atoms with Gasteiger partial charge in [0, 0.05) is 11.8 Å². The molecule has 0 bridgehead atoms. The maximum absolute atomic E-state index is 11.2. The monoisotopic (exact) mass is 316 g/mol. The smallest absolute Gasteiger partial charge is 0.284 e. The van der Waals surface area contributed by atoms with Crippen LogP contribution in [0.3, 0.4) is 0 Å². The van der Waals surface area contributed by atoms with Gasteiger partial charge in [-0.05, 0) is 19.1 Å². The number of nitrogens with zero attached hydrogens (tertiary/aromatic N) is 1. The van der Waals surface area contributed by atoms with Crippen LogP contribution in [0.5, 0.6) is 0 Å². The van der Waals surface area contributed by atoms with E-state index in [0.717, 1.165) is 19.9 Å². The lowest BCUT2D eigenvalue weighted by molar-refractivity contribution is -0.552. The van der Waals surface area contributed by atoms with E-state index in [1.165, 1.54) is 0 Å². The van der Waals surface area contributed by atoms with Gasteiger partial charge >= 0.3 is 0 Å². The molecule has 0 amide bonds. The second-order valence-corrected chi connectivity index (χ2v) is 7.74. The predicted octanol–water partition coefficient (Wildman–Crippen LogP) is -1.00. The standard InChI is InChI=1S/C7H12N2O8S2/c1-6(9(10)11)3-4-7(2,19(15,16)17)8-5(6)18(12,13)14/h3-5,8H,1-2H3,(H,12,13,14)(H,15,16,17). The molecule has 110 valence electrons. The van der Waals surface area contributed by atoms with E-state index in [1.54, 1.807) is 0 Å². The summed E-state index contributed by atoms with van der Waals surface area (Å²) in [5.74, 6) is 0.